The quantitative estimate of drug-likeness (QED) is 0.161. The molecule has 0 aliphatic rings. The molecule has 0 fully saturated rings. The van der Waals surface area contributed by atoms with Crippen LogP contribution in [0.5, 0.6) is 0 Å². The molecule has 0 saturated carbocycles. The van der Waals surface area contributed by atoms with E-state index in [1.807, 2.05) is 0 Å². The lowest BCUT2D eigenvalue weighted by Gasteiger charge is -2.22. The number of carbonyl (C=O) groups excluding carboxylic acids is 3. The van der Waals surface area contributed by atoms with Crippen LogP contribution in [0, 0.1) is 0 Å². The molecular weight excluding hydrogens is 630 g/mol. The molecule has 0 atom stereocenters. The SMILES string of the molecule is CC(C)(C)NC(=O)c1nc2c(nc1C(=O)O)c1nc(C(=O)NC(C)(C)C)c(C(=O)O)nc1c1nc(C(=O)NC(C)(C)C)c(C(=O)O)nc21. The molecule has 0 radical (unpaired) electrons. The van der Waals surface area contributed by atoms with Gasteiger partial charge in [0.1, 0.15) is 33.1 Å². The summed E-state index contributed by atoms with van der Waals surface area (Å²) in [4.78, 5) is 102. The monoisotopic (exact) mass is 663 g/mol. The molecule has 3 aromatic heterocycles. The number of rotatable bonds is 6. The van der Waals surface area contributed by atoms with E-state index in [0.717, 1.165) is 0 Å². The number of fused-ring (bicyclic) bond motifs is 6. The van der Waals surface area contributed by atoms with Crippen molar-refractivity contribution in [1.29, 1.82) is 0 Å². The minimum Gasteiger partial charge on any atom is -0.476 e. The van der Waals surface area contributed by atoms with E-state index in [0.29, 0.717) is 0 Å². The highest BCUT2D eigenvalue weighted by Gasteiger charge is 2.32. The van der Waals surface area contributed by atoms with Crippen LogP contribution < -0.4 is 16.0 Å². The van der Waals surface area contributed by atoms with Gasteiger partial charge in [-0.25, -0.2) is 44.3 Å². The van der Waals surface area contributed by atoms with Gasteiger partial charge >= 0.3 is 17.9 Å². The normalized spacial score (nSPS) is 12.2. The number of benzene rings is 1. The fraction of sp³-hybridized carbons (Fsp3) is 0.400. The summed E-state index contributed by atoms with van der Waals surface area (Å²) in [6.45, 7) is 14.7. The molecule has 252 valence electrons. The van der Waals surface area contributed by atoms with Crippen molar-refractivity contribution in [3.05, 3.63) is 34.2 Å². The molecule has 0 bridgehead atoms. The van der Waals surface area contributed by atoms with Gasteiger partial charge in [-0.3, -0.25) is 14.4 Å². The van der Waals surface area contributed by atoms with Crippen LogP contribution in [0.15, 0.2) is 0 Å². The maximum atomic E-state index is 13.3. The maximum Gasteiger partial charge on any atom is 0.357 e. The third-order valence-electron chi connectivity index (χ3n) is 6.08. The largest absolute Gasteiger partial charge is 0.476 e. The zero-order valence-corrected chi connectivity index (χ0v) is 27.5. The topological polar surface area (TPSA) is 277 Å². The summed E-state index contributed by atoms with van der Waals surface area (Å²) in [6, 6.07) is 0. The standard InChI is InChI=1S/C30H33N9O9/c1-28(2,3)37-22(40)16-19(25(43)44)34-13-10(31-16)14-12(33-17(20(35-14)26(45)46)23(41)38-29(4,5)6)15-11(13)32-18(21(36-15)27(47)48)24(42)39-30(7,8)9/h1-9H3,(H,37,40)(H,38,41)(H,39,42)(H,43,44)(H,45,46)(H,47,48). The lowest BCUT2D eigenvalue weighted by Crippen LogP contribution is -2.42. The molecule has 1 aromatic carbocycles. The van der Waals surface area contributed by atoms with E-state index in [9.17, 15) is 44.1 Å². The lowest BCUT2D eigenvalue weighted by molar-refractivity contribution is 0.0675. The highest BCUT2D eigenvalue weighted by Crippen LogP contribution is 2.32. The summed E-state index contributed by atoms with van der Waals surface area (Å²) in [5, 5.41) is 37.9. The van der Waals surface area contributed by atoms with Gasteiger partial charge < -0.3 is 31.3 Å². The average Bonchev–Trinajstić information content (AvgIpc) is 2.92. The maximum absolute atomic E-state index is 13.3. The number of carbonyl (C=O) groups is 6. The van der Waals surface area contributed by atoms with Crippen LogP contribution in [0.2, 0.25) is 0 Å². The Morgan fingerprint density at radius 3 is 0.688 bits per heavy atom. The molecule has 4 rings (SSSR count). The number of carboxylic acids is 3. The van der Waals surface area contributed by atoms with Crippen molar-refractivity contribution >= 4 is 68.7 Å². The summed E-state index contributed by atoms with van der Waals surface area (Å²) >= 11 is 0. The Balaban J connectivity index is 2.30. The van der Waals surface area contributed by atoms with Gasteiger partial charge in [-0.2, -0.15) is 0 Å². The van der Waals surface area contributed by atoms with Crippen molar-refractivity contribution < 1.29 is 44.1 Å². The number of nitrogens with one attached hydrogen (secondary N) is 3. The molecule has 18 nitrogen and oxygen atoms in total. The minimum atomic E-state index is -1.68. The zero-order chi connectivity index (χ0) is 36.3. The second-order valence-corrected chi connectivity index (χ2v) is 13.9. The molecule has 4 aromatic rings. The van der Waals surface area contributed by atoms with Gasteiger partial charge in [-0.1, -0.05) is 0 Å². The van der Waals surface area contributed by atoms with E-state index in [1.165, 1.54) is 0 Å². The van der Waals surface area contributed by atoms with E-state index in [4.69, 9.17) is 0 Å². The van der Waals surface area contributed by atoms with Crippen LogP contribution >= 0.6 is 0 Å². The smallest absolute Gasteiger partial charge is 0.357 e. The summed E-state index contributed by atoms with van der Waals surface area (Å²) in [7, 11) is 0. The molecule has 18 heteroatoms. The van der Waals surface area contributed by atoms with Crippen LogP contribution in [0.4, 0.5) is 0 Å². The Bertz CT molecular complexity index is 1840. The number of aromatic carboxylic acids is 3. The predicted molar refractivity (Wildman–Crippen MR) is 168 cm³/mol. The van der Waals surface area contributed by atoms with Crippen molar-refractivity contribution in [2.75, 3.05) is 0 Å². The van der Waals surface area contributed by atoms with Crippen molar-refractivity contribution in [2.24, 2.45) is 0 Å². The third kappa shape index (κ3) is 7.06. The molecule has 0 saturated heterocycles. The van der Waals surface area contributed by atoms with Gasteiger partial charge in [0, 0.05) is 16.6 Å². The van der Waals surface area contributed by atoms with E-state index in [-0.39, 0.29) is 16.6 Å². The number of aromatic nitrogens is 6. The van der Waals surface area contributed by atoms with Crippen molar-refractivity contribution in [3.63, 3.8) is 0 Å². The molecular formula is C30H33N9O9. The molecule has 0 aliphatic heterocycles. The summed E-state index contributed by atoms with van der Waals surface area (Å²) in [6.07, 6.45) is 0. The zero-order valence-electron chi connectivity index (χ0n) is 27.5. The Hall–Kier alpha value is -5.94. The number of carboxylic acid groups (broad SMARTS) is 3. The van der Waals surface area contributed by atoms with Gasteiger partial charge in [-0.05, 0) is 62.3 Å². The van der Waals surface area contributed by atoms with E-state index in [1.54, 1.807) is 62.3 Å². The van der Waals surface area contributed by atoms with Gasteiger partial charge in [0.05, 0.1) is 0 Å². The summed E-state index contributed by atoms with van der Waals surface area (Å²) in [5.41, 5.74) is -9.57. The summed E-state index contributed by atoms with van der Waals surface area (Å²) in [5.74, 6) is -7.88. The van der Waals surface area contributed by atoms with Gasteiger partial charge in [-0.15, -0.1) is 0 Å². The third-order valence-corrected chi connectivity index (χ3v) is 6.08. The van der Waals surface area contributed by atoms with Crippen LogP contribution in [-0.2, 0) is 0 Å². The van der Waals surface area contributed by atoms with Crippen molar-refractivity contribution in [2.45, 2.75) is 78.9 Å². The van der Waals surface area contributed by atoms with Gasteiger partial charge in [0.2, 0.25) is 0 Å². The first-order valence-electron chi connectivity index (χ1n) is 14.3. The number of hydrogen-bond donors (Lipinski definition) is 6. The minimum absolute atomic E-state index is 0.390. The van der Waals surface area contributed by atoms with Crippen LogP contribution in [0.1, 0.15) is 125 Å². The van der Waals surface area contributed by atoms with Gasteiger partial charge in [0.15, 0.2) is 34.2 Å². The molecule has 6 N–H and O–H groups in total. The second-order valence-electron chi connectivity index (χ2n) is 13.9. The molecule has 0 unspecified atom stereocenters. The van der Waals surface area contributed by atoms with Crippen molar-refractivity contribution in [1.82, 2.24) is 45.9 Å². The Morgan fingerprint density at radius 1 is 0.375 bits per heavy atom. The number of hydrogen-bond acceptors (Lipinski definition) is 12. The molecule has 0 aliphatic carbocycles. The van der Waals surface area contributed by atoms with E-state index >= 15 is 0 Å². The Morgan fingerprint density at radius 2 is 0.542 bits per heavy atom. The van der Waals surface area contributed by atoms with Crippen LogP contribution in [0.3, 0.4) is 0 Å². The van der Waals surface area contributed by atoms with E-state index in [2.05, 4.69) is 45.9 Å². The number of amides is 3. The summed E-state index contributed by atoms with van der Waals surface area (Å²) < 4.78 is 0. The highest BCUT2D eigenvalue weighted by atomic mass is 16.4. The van der Waals surface area contributed by atoms with Gasteiger partial charge in [0.25, 0.3) is 17.7 Å². The lowest BCUT2D eigenvalue weighted by atomic mass is 10.1. The second kappa shape index (κ2) is 11.7. The first-order chi connectivity index (χ1) is 21.9. The average molecular weight is 664 g/mol. The molecule has 0 spiro atoms. The fourth-order valence-electron chi connectivity index (χ4n) is 4.42. The molecule has 3 amide bonds. The Labute approximate surface area is 271 Å². The van der Waals surface area contributed by atoms with E-state index < -0.39 is 103 Å². The fourth-order valence-corrected chi connectivity index (χ4v) is 4.42. The highest BCUT2D eigenvalue weighted by molar-refractivity contribution is 6.21. The molecule has 3 heterocycles. The predicted octanol–water partition coefficient (Wildman–Crippen LogP) is 2.20. The first kappa shape index (κ1) is 34.9. The number of nitrogens with zero attached hydrogens (tertiary/aromatic N) is 6. The van der Waals surface area contributed by atoms with Crippen LogP contribution in [-0.4, -0.2) is 97.5 Å². The molecule has 48 heavy (non-hydrogen) atoms. The first-order valence-corrected chi connectivity index (χ1v) is 14.3. The Kier molecular flexibility index (Phi) is 8.51. The van der Waals surface area contributed by atoms with Crippen molar-refractivity contribution in [3.8, 4) is 0 Å². The van der Waals surface area contributed by atoms with Crippen LogP contribution in [0.25, 0.3) is 33.1 Å².